The van der Waals surface area contributed by atoms with Crippen molar-refractivity contribution in [3.63, 3.8) is 0 Å². The summed E-state index contributed by atoms with van der Waals surface area (Å²) in [5.74, 6) is -0.101. The van der Waals surface area contributed by atoms with E-state index in [0.29, 0.717) is 0 Å². The number of carbonyl (C=O) groups is 1. The fourth-order valence-corrected chi connectivity index (χ4v) is 6.39. The van der Waals surface area contributed by atoms with Crippen molar-refractivity contribution in [2.45, 2.75) is 17.8 Å². The van der Waals surface area contributed by atoms with Gasteiger partial charge in [-0.1, -0.05) is 23.7 Å². The number of aliphatic hydroxyl groups is 1. The number of pyridine rings is 1. The first-order chi connectivity index (χ1) is 14.0. The lowest BCUT2D eigenvalue weighted by Gasteiger charge is -2.41. The minimum Gasteiger partial charge on any atom is -0.437 e. The summed E-state index contributed by atoms with van der Waals surface area (Å²) in [5.41, 5.74) is 0.172. The second kappa shape index (κ2) is 8.37. The molecule has 1 saturated heterocycles. The maximum absolute atomic E-state index is 12.8. The lowest BCUT2D eigenvalue weighted by Crippen LogP contribution is -2.37. The van der Waals surface area contributed by atoms with Gasteiger partial charge in [-0.2, -0.15) is 0 Å². The maximum atomic E-state index is 12.8. The van der Waals surface area contributed by atoms with Crippen molar-refractivity contribution in [2.24, 2.45) is 0 Å². The van der Waals surface area contributed by atoms with Crippen molar-refractivity contribution in [1.29, 1.82) is 0 Å². The zero-order chi connectivity index (χ0) is 22.2. The van der Waals surface area contributed by atoms with E-state index >= 15 is 0 Å². The summed E-state index contributed by atoms with van der Waals surface area (Å²) >= 11 is 5.99. The number of rotatable bonds is 4. The highest BCUT2D eigenvalue weighted by molar-refractivity contribution is 7.73. The SMILES string of the molecule is COC(=O)Oc1ccc(C2OP(=O)(O)C(O)(Cc3cccnc3)P(=O)(O)O2)cc1Cl. The van der Waals surface area contributed by atoms with Gasteiger partial charge in [0.05, 0.1) is 12.1 Å². The molecule has 0 amide bonds. The van der Waals surface area contributed by atoms with E-state index in [0.717, 1.165) is 13.2 Å². The van der Waals surface area contributed by atoms with Gasteiger partial charge in [-0.15, -0.1) is 0 Å². The first-order valence-electron chi connectivity index (χ1n) is 8.18. The van der Waals surface area contributed by atoms with Crippen molar-refractivity contribution in [3.05, 3.63) is 58.9 Å². The normalized spacial score (nSPS) is 31.2. The van der Waals surface area contributed by atoms with Gasteiger partial charge in [0.15, 0.2) is 5.75 Å². The Bertz CT molecular complexity index is 1020. The third-order valence-electron chi connectivity index (χ3n) is 4.13. The number of hydrogen-bond donors (Lipinski definition) is 3. The van der Waals surface area contributed by atoms with Crippen LogP contribution >= 0.6 is 26.8 Å². The van der Waals surface area contributed by atoms with Crippen LogP contribution in [-0.2, 0) is 29.3 Å². The fraction of sp³-hybridized carbons (Fsp3) is 0.250. The molecule has 0 radical (unpaired) electrons. The number of methoxy groups -OCH3 is 1. The summed E-state index contributed by atoms with van der Waals surface area (Å²) in [6.45, 7) is 0. The molecule has 14 heteroatoms. The van der Waals surface area contributed by atoms with E-state index in [9.17, 15) is 28.8 Å². The molecule has 30 heavy (non-hydrogen) atoms. The Morgan fingerprint density at radius 3 is 2.47 bits per heavy atom. The van der Waals surface area contributed by atoms with Crippen LogP contribution in [0.4, 0.5) is 4.79 Å². The zero-order valence-corrected chi connectivity index (χ0v) is 17.8. The third-order valence-corrected chi connectivity index (χ3v) is 9.03. The Kier molecular flexibility index (Phi) is 6.38. The van der Waals surface area contributed by atoms with Crippen LogP contribution < -0.4 is 4.74 Å². The summed E-state index contributed by atoms with van der Waals surface area (Å²) in [6, 6.07) is 6.48. The van der Waals surface area contributed by atoms with Crippen LogP contribution in [0.2, 0.25) is 5.02 Å². The van der Waals surface area contributed by atoms with Gasteiger partial charge in [-0.3, -0.25) is 23.2 Å². The average molecular weight is 480 g/mol. The minimum absolute atomic E-state index is 0.0378. The highest BCUT2D eigenvalue weighted by Gasteiger charge is 2.67. The molecule has 3 rings (SSSR count). The summed E-state index contributed by atoms with van der Waals surface area (Å²) in [5, 5.41) is 7.42. The van der Waals surface area contributed by atoms with E-state index < -0.39 is 39.1 Å². The van der Waals surface area contributed by atoms with Gasteiger partial charge in [0, 0.05) is 24.4 Å². The van der Waals surface area contributed by atoms with Crippen LogP contribution in [0.1, 0.15) is 17.4 Å². The van der Waals surface area contributed by atoms with E-state index in [4.69, 9.17) is 25.4 Å². The second-order valence-corrected chi connectivity index (χ2v) is 10.9. The Labute approximate surface area is 175 Å². The summed E-state index contributed by atoms with van der Waals surface area (Å²) in [7, 11) is -9.17. The van der Waals surface area contributed by atoms with Crippen LogP contribution in [0.15, 0.2) is 42.7 Å². The molecule has 0 aliphatic carbocycles. The standard InChI is InChI=1S/C16H16ClNO10P2/c1-25-15(19)26-13-5-4-11(7-12(13)17)14-27-29(21,22)16(20,30(23,24)28-14)8-10-3-2-6-18-9-10/h2-7,9,14,20H,8H2,1H3,(H,21,22)(H,23,24). The molecule has 3 N–H and O–H groups in total. The molecular formula is C16H16ClNO10P2. The number of ether oxygens (including phenoxy) is 2. The van der Waals surface area contributed by atoms with Crippen molar-refractivity contribution in [2.75, 3.05) is 7.11 Å². The zero-order valence-electron chi connectivity index (χ0n) is 15.2. The molecule has 2 atom stereocenters. The lowest BCUT2D eigenvalue weighted by molar-refractivity contribution is -0.0579. The quantitative estimate of drug-likeness (QED) is 0.335. The van der Waals surface area contributed by atoms with Crippen LogP contribution in [0.25, 0.3) is 0 Å². The van der Waals surface area contributed by atoms with Crippen LogP contribution in [0, 0.1) is 0 Å². The monoisotopic (exact) mass is 479 g/mol. The first-order valence-corrected chi connectivity index (χ1v) is 11.7. The van der Waals surface area contributed by atoms with Crippen LogP contribution in [0.3, 0.4) is 0 Å². The fourth-order valence-electron chi connectivity index (χ4n) is 2.58. The number of nitrogens with zero attached hydrogens (tertiary/aromatic N) is 1. The van der Waals surface area contributed by atoms with Gasteiger partial charge in [-0.05, 0) is 23.8 Å². The molecule has 0 bridgehead atoms. The van der Waals surface area contributed by atoms with E-state index in [2.05, 4.69) is 9.72 Å². The highest BCUT2D eigenvalue weighted by Crippen LogP contribution is 2.79. The van der Waals surface area contributed by atoms with Crippen molar-refractivity contribution in [3.8, 4) is 5.75 Å². The molecule has 1 aliphatic rings. The average Bonchev–Trinajstić information content (AvgIpc) is 2.68. The van der Waals surface area contributed by atoms with E-state index in [1.165, 1.54) is 36.7 Å². The molecule has 0 spiro atoms. The van der Waals surface area contributed by atoms with Gasteiger partial charge in [0.1, 0.15) is 0 Å². The Morgan fingerprint density at radius 2 is 1.93 bits per heavy atom. The predicted molar refractivity (Wildman–Crippen MR) is 102 cm³/mol. The Hall–Kier alpha value is -1.81. The third kappa shape index (κ3) is 4.30. The lowest BCUT2D eigenvalue weighted by atomic mass is 10.2. The topological polar surface area (TPSA) is 162 Å². The van der Waals surface area contributed by atoms with E-state index in [1.807, 2.05) is 0 Å². The summed E-state index contributed by atoms with van der Waals surface area (Å²) in [6.07, 6.45) is -0.886. The minimum atomic E-state index is -5.13. The number of halogens is 1. The number of benzene rings is 1. The van der Waals surface area contributed by atoms with Gasteiger partial charge in [0.2, 0.25) is 6.29 Å². The molecule has 1 aliphatic heterocycles. The van der Waals surface area contributed by atoms with Gasteiger partial charge >= 0.3 is 21.3 Å². The Balaban J connectivity index is 1.90. The molecular weight excluding hydrogens is 464 g/mol. The Morgan fingerprint density at radius 1 is 1.27 bits per heavy atom. The van der Waals surface area contributed by atoms with Crippen LogP contribution in [0.5, 0.6) is 5.75 Å². The van der Waals surface area contributed by atoms with Crippen LogP contribution in [-0.4, -0.2) is 38.2 Å². The number of hydrogen-bond acceptors (Lipinski definition) is 9. The van der Waals surface area contributed by atoms with Gasteiger partial charge in [0.25, 0.3) is 5.08 Å². The predicted octanol–water partition coefficient (Wildman–Crippen LogP) is 3.19. The molecule has 2 unspecified atom stereocenters. The van der Waals surface area contributed by atoms with Crippen molar-refractivity contribution >= 4 is 32.9 Å². The van der Waals surface area contributed by atoms with Gasteiger partial charge in [-0.25, -0.2) is 4.79 Å². The van der Waals surface area contributed by atoms with E-state index in [1.54, 1.807) is 0 Å². The molecule has 1 aromatic heterocycles. The second-order valence-electron chi connectivity index (χ2n) is 6.14. The first kappa shape index (κ1) is 22.9. The molecule has 11 nitrogen and oxygen atoms in total. The molecule has 1 aromatic carbocycles. The number of carbonyl (C=O) groups excluding carboxylic acids is 1. The molecule has 0 saturated carbocycles. The molecule has 2 aromatic rings. The highest BCUT2D eigenvalue weighted by atomic mass is 35.5. The van der Waals surface area contributed by atoms with E-state index in [-0.39, 0.29) is 21.9 Å². The summed E-state index contributed by atoms with van der Waals surface area (Å²) in [4.78, 5) is 35.6. The maximum Gasteiger partial charge on any atom is 0.513 e. The number of aromatic nitrogens is 1. The smallest absolute Gasteiger partial charge is 0.437 e. The van der Waals surface area contributed by atoms with Gasteiger partial charge < -0.3 is 24.4 Å². The van der Waals surface area contributed by atoms with Crippen molar-refractivity contribution in [1.82, 2.24) is 4.98 Å². The molecule has 1 fully saturated rings. The largest absolute Gasteiger partial charge is 0.513 e. The molecule has 162 valence electrons. The van der Waals surface area contributed by atoms with Crippen molar-refractivity contribution < 1.29 is 47.3 Å². The summed E-state index contributed by atoms with van der Waals surface area (Å²) < 4.78 is 44.6. The molecule has 2 heterocycles.